The van der Waals surface area contributed by atoms with Crippen molar-refractivity contribution in [2.45, 2.75) is 4.90 Å². The largest absolute Gasteiger partial charge is 0.495 e. The van der Waals surface area contributed by atoms with E-state index in [9.17, 15) is 13.2 Å². The molecule has 0 bridgehead atoms. The zero-order chi connectivity index (χ0) is 22.6. The summed E-state index contributed by atoms with van der Waals surface area (Å²) < 4.78 is 43.5. The number of carbonyl (C=O) groups is 1. The fourth-order valence-electron chi connectivity index (χ4n) is 3.53. The van der Waals surface area contributed by atoms with Crippen molar-refractivity contribution in [2.24, 2.45) is 0 Å². The van der Waals surface area contributed by atoms with Crippen molar-refractivity contribution in [3.63, 3.8) is 0 Å². The molecule has 0 saturated carbocycles. The molecular formula is C23H24N2O6S. The first kappa shape index (κ1) is 22.1. The minimum atomic E-state index is -3.71. The van der Waals surface area contributed by atoms with Gasteiger partial charge < -0.3 is 19.5 Å². The van der Waals surface area contributed by atoms with Gasteiger partial charge in [0.25, 0.3) is 5.91 Å². The molecule has 32 heavy (non-hydrogen) atoms. The number of methoxy groups -OCH3 is 1. The number of nitrogens with one attached hydrogen (secondary N) is 1. The fourth-order valence-corrected chi connectivity index (χ4v) is 4.97. The van der Waals surface area contributed by atoms with Crippen LogP contribution in [0.4, 0.5) is 5.69 Å². The standard InChI is InChI=1S/C23H24N2O6S/c1-29-22-10-9-18(32(27,28)25-11-13-30-14-12-25)15-20(22)24-23(26)16-31-21-8-4-6-17-5-2-3-7-19(17)21/h2-10,15H,11-14,16H2,1H3,(H,24,26). The lowest BCUT2D eigenvalue weighted by Crippen LogP contribution is -2.40. The van der Waals surface area contributed by atoms with Crippen molar-refractivity contribution in [2.75, 3.05) is 45.3 Å². The van der Waals surface area contributed by atoms with Crippen LogP contribution in [0.2, 0.25) is 0 Å². The molecular weight excluding hydrogens is 432 g/mol. The summed E-state index contributed by atoms with van der Waals surface area (Å²) in [5.41, 5.74) is 0.258. The van der Waals surface area contributed by atoms with Crippen LogP contribution in [0.3, 0.4) is 0 Å². The molecule has 1 aliphatic rings. The van der Waals surface area contributed by atoms with Gasteiger partial charge in [-0.2, -0.15) is 4.31 Å². The van der Waals surface area contributed by atoms with Crippen LogP contribution in [-0.4, -0.2) is 58.7 Å². The normalized spacial score (nSPS) is 14.8. The number of carbonyl (C=O) groups excluding carboxylic acids is 1. The van der Waals surface area contributed by atoms with Crippen molar-refractivity contribution in [3.8, 4) is 11.5 Å². The van der Waals surface area contributed by atoms with Crippen LogP contribution in [0.25, 0.3) is 10.8 Å². The summed E-state index contributed by atoms with van der Waals surface area (Å²) in [6, 6.07) is 17.7. The van der Waals surface area contributed by atoms with E-state index >= 15 is 0 Å². The van der Waals surface area contributed by atoms with Crippen molar-refractivity contribution < 1.29 is 27.4 Å². The van der Waals surface area contributed by atoms with Gasteiger partial charge in [-0.15, -0.1) is 0 Å². The monoisotopic (exact) mass is 456 g/mol. The van der Waals surface area contributed by atoms with E-state index in [4.69, 9.17) is 14.2 Å². The van der Waals surface area contributed by atoms with Crippen LogP contribution in [0, 0.1) is 0 Å². The number of nitrogens with zero attached hydrogens (tertiary/aromatic N) is 1. The zero-order valence-corrected chi connectivity index (χ0v) is 18.4. The molecule has 0 atom stereocenters. The highest BCUT2D eigenvalue weighted by atomic mass is 32.2. The minimum Gasteiger partial charge on any atom is -0.495 e. The number of fused-ring (bicyclic) bond motifs is 1. The first-order valence-corrected chi connectivity index (χ1v) is 11.6. The van der Waals surface area contributed by atoms with Crippen molar-refractivity contribution in [3.05, 3.63) is 60.7 Å². The van der Waals surface area contributed by atoms with Crippen LogP contribution in [0.15, 0.2) is 65.6 Å². The Balaban J connectivity index is 1.50. The van der Waals surface area contributed by atoms with Gasteiger partial charge in [0.2, 0.25) is 10.0 Å². The van der Waals surface area contributed by atoms with E-state index in [-0.39, 0.29) is 30.3 Å². The highest BCUT2D eigenvalue weighted by Crippen LogP contribution is 2.30. The second kappa shape index (κ2) is 9.56. The highest BCUT2D eigenvalue weighted by Gasteiger charge is 2.27. The predicted octanol–water partition coefficient (Wildman–Crippen LogP) is 2.89. The lowest BCUT2D eigenvalue weighted by atomic mass is 10.1. The van der Waals surface area contributed by atoms with Gasteiger partial charge in [-0.25, -0.2) is 8.42 Å². The Kier molecular flexibility index (Phi) is 6.59. The number of amides is 1. The molecule has 1 amide bonds. The second-order valence-electron chi connectivity index (χ2n) is 7.19. The lowest BCUT2D eigenvalue weighted by molar-refractivity contribution is -0.118. The number of morpholine rings is 1. The molecule has 168 valence electrons. The smallest absolute Gasteiger partial charge is 0.262 e. The third-order valence-electron chi connectivity index (χ3n) is 5.16. The molecule has 1 saturated heterocycles. The topological polar surface area (TPSA) is 94.2 Å². The van der Waals surface area contributed by atoms with Gasteiger partial charge in [-0.05, 0) is 29.7 Å². The van der Waals surface area contributed by atoms with E-state index in [1.165, 1.54) is 29.6 Å². The van der Waals surface area contributed by atoms with Crippen molar-refractivity contribution in [1.29, 1.82) is 0 Å². The number of benzene rings is 3. The summed E-state index contributed by atoms with van der Waals surface area (Å²) in [5.74, 6) is 0.510. The van der Waals surface area contributed by atoms with Gasteiger partial charge in [0, 0.05) is 18.5 Å². The number of ether oxygens (including phenoxy) is 3. The maximum Gasteiger partial charge on any atom is 0.262 e. The summed E-state index contributed by atoms with van der Waals surface area (Å²) in [7, 11) is -2.26. The molecule has 3 aromatic carbocycles. The van der Waals surface area contributed by atoms with Crippen LogP contribution < -0.4 is 14.8 Å². The molecule has 1 heterocycles. The minimum absolute atomic E-state index is 0.0745. The van der Waals surface area contributed by atoms with E-state index in [1.807, 2.05) is 36.4 Å². The average Bonchev–Trinajstić information content (AvgIpc) is 2.83. The third-order valence-corrected chi connectivity index (χ3v) is 7.06. The molecule has 8 nitrogen and oxygen atoms in total. The Labute approximate surface area is 186 Å². The van der Waals surface area contributed by atoms with E-state index in [1.54, 1.807) is 6.07 Å². The molecule has 1 N–H and O–H groups in total. The maximum atomic E-state index is 13.0. The first-order chi connectivity index (χ1) is 15.5. The summed E-state index contributed by atoms with van der Waals surface area (Å²) in [5, 5.41) is 4.61. The fraction of sp³-hybridized carbons (Fsp3) is 0.261. The Morgan fingerprint density at radius 2 is 1.78 bits per heavy atom. The van der Waals surface area contributed by atoms with E-state index in [0.717, 1.165) is 10.8 Å². The molecule has 0 radical (unpaired) electrons. The second-order valence-corrected chi connectivity index (χ2v) is 9.13. The Hall–Kier alpha value is -3.14. The average molecular weight is 457 g/mol. The summed E-state index contributed by atoms with van der Waals surface area (Å²) in [6.07, 6.45) is 0. The van der Waals surface area contributed by atoms with Crippen molar-refractivity contribution >= 4 is 32.4 Å². The molecule has 1 aliphatic heterocycles. The van der Waals surface area contributed by atoms with Gasteiger partial charge in [-0.1, -0.05) is 36.4 Å². The number of hydrogen-bond donors (Lipinski definition) is 1. The number of hydrogen-bond acceptors (Lipinski definition) is 6. The van der Waals surface area contributed by atoms with Crippen LogP contribution in [-0.2, 0) is 19.6 Å². The lowest BCUT2D eigenvalue weighted by Gasteiger charge is -2.26. The summed E-state index contributed by atoms with van der Waals surface area (Å²) >= 11 is 0. The molecule has 4 rings (SSSR count). The summed E-state index contributed by atoms with van der Waals surface area (Å²) in [4.78, 5) is 12.7. The molecule has 0 aromatic heterocycles. The van der Waals surface area contributed by atoms with Gasteiger partial charge in [0.15, 0.2) is 6.61 Å². The van der Waals surface area contributed by atoms with E-state index < -0.39 is 15.9 Å². The summed E-state index contributed by atoms with van der Waals surface area (Å²) in [6.45, 7) is 1.04. The predicted molar refractivity (Wildman–Crippen MR) is 121 cm³/mol. The van der Waals surface area contributed by atoms with Crippen LogP contribution >= 0.6 is 0 Å². The molecule has 3 aromatic rings. The van der Waals surface area contributed by atoms with E-state index in [0.29, 0.717) is 24.7 Å². The highest BCUT2D eigenvalue weighted by molar-refractivity contribution is 7.89. The SMILES string of the molecule is COc1ccc(S(=O)(=O)N2CCOCC2)cc1NC(=O)COc1cccc2ccccc12. The van der Waals surface area contributed by atoms with Crippen LogP contribution in [0.1, 0.15) is 0 Å². The molecule has 0 unspecified atom stereocenters. The quantitative estimate of drug-likeness (QED) is 0.588. The molecule has 9 heteroatoms. The number of sulfonamides is 1. The third kappa shape index (κ3) is 4.69. The van der Waals surface area contributed by atoms with Gasteiger partial charge >= 0.3 is 0 Å². The van der Waals surface area contributed by atoms with Crippen LogP contribution in [0.5, 0.6) is 11.5 Å². The van der Waals surface area contributed by atoms with Gasteiger partial charge in [0.1, 0.15) is 11.5 Å². The molecule has 0 aliphatic carbocycles. The Bertz CT molecular complexity index is 1220. The Morgan fingerprint density at radius 3 is 2.56 bits per heavy atom. The number of anilines is 1. The molecule has 0 spiro atoms. The van der Waals surface area contributed by atoms with E-state index in [2.05, 4.69) is 5.32 Å². The maximum absolute atomic E-state index is 13.0. The van der Waals surface area contributed by atoms with Gasteiger partial charge in [-0.3, -0.25) is 4.79 Å². The zero-order valence-electron chi connectivity index (χ0n) is 17.6. The Morgan fingerprint density at radius 1 is 1.03 bits per heavy atom. The molecule has 1 fully saturated rings. The first-order valence-electron chi connectivity index (χ1n) is 10.2. The van der Waals surface area contributed by atoms with Crippen molar-refractivity contribution in [1.82, 2.24) is 4.31 Å². The number of rotatable bonds is 7. The van der Waals surface area contributed by atoms with Gasteiger partial charge in [0.05, 0.1) is 30.9 Å².